The molecule has 1 aromatic heterocycles. The number of halogens is 1. The molecule has 2 aromatic carbocycles. The van der Waals surface area contributed by atoms with Crippen molar-refractivity contribution in [3.05, 3.63) is 64.1 Å². The zero-order valence-electron chi connectivity index (χ0n) is 16.0. The van der Waals surface area contributed by atoms with Crippen molar-refractivity contribution in [2.24, 2.45) is 0 Å². The number of benzene rings is 2. The van der Waals surface area contributed by atoms with Gasteiger partial charge in [-0.15, -0.1) is 0 Å². The predicted octanol–water partition coefficient (Wildman–Crippen LogP) is 3.76. The van der Waals surface area contributed by atoms with Gasteiger partial charge in [-0.1, -0.05) is 6.07 Å². The molecule has 2 aliphatic rings. The van der Waals surface area contributed by atoms with Crippen LogP contribution >= 0.6 is 0 Å². The summed E-state index contributed by atoms with van der Waals surface area (Å²) in [6, 6.07) is 8.72. The van der Waals surface area contributed by atoms with E-state index in [1.165, 1.54) is 25.0 Å². The summed E-state index contributed by atoms with van der Waals surface area (Å²) in [6.45, 7) is 5.99. The van der Waals surface area contributed by atoms with Crippen LogP contribution in [-0.4, -0.2) is 39.0 Å². The molecule has 0 atom stereocenters. The number of carbonyl (C=O) groups excluding carboxylic acids is 1. The van der Waals surface area contributed by atoms with Crippen molar-refractivity contribution >= 4 is 16.8 Å². The van der Waals surface area contributed by atoms with Crippen molar-refractivity contribution in [1.82, 2.24) is 20.0 Å². The molecule has 3 heterocycles. The lowest BCUT2D eigenvalue weighted by atomic mass is 10.0. The molecule has 144 valence electrons. The lowest BCUT2D eigenvalue weighted by Crippen LogP contribution is -2.26. The highest BCUT2D eigenvalue weighted by molar-refractivity contribution is 6.00. The number of likely N-dealkylation sites (tertiary alicyclic amines) is 1. The molecule has 0 bridgehead atoms. The Morgan fingerprint density at radius 1 is 1.14 bits per heavy atom. The number of nitrogens with one attached hydrogen (secondary N) is 1. The van der Waals surface area contributed by atoms with Gasteiger partial charge in [-0.3, -0.25) is 14.8 Å². The number of aryl methyl sites for hydroxylation is 1. The van der Waals surface area contributed by atoms with Crippen LogP contribution in [0.1, 0.15) is 45.6 Å². The highest BCUT2D eigenvalue weighted by atomic mass is 19.1. The molecule has 1 N–H and O–H groups in total. The Labute approximate surface area is 163 Å². The SMILES string of the molecule is Cc1cc2n[nH]c(CN3CCCC3)c2cc1C(=O)N1Cc2ccc(F)cc2C1. The number of amides is 1. The maximum Gasteiger partial charge on any atom is 0.254 e. The second-order valence-electron chi connectivity index (χ2n) is 7.94. The molecular formula is C22H23FN4O. The summed E-state index contributed by atoms with van der Waals surface area (Å²) in [5.41, 5.74) is 5.49. The first-order chi connectivity index (χ1) is 13.6. The maximum atomic E-state index is 13.5. The van der Waals surface area contributed by atoms with Crippen LogP contribution in [0.25, 0.3) is 10.9 Å². The third-order valence-corrected chi connectivity index (χ3v) is 5.97. The third kappa shape index (κ3) is 2.98. The van der Waals surface area contributed by atoms with E-state index in [9.17, 15) is 9.18 Å². The van der Waals surface area contributed by atoms with Gasteiger partial charge in [-0.05, 0) is 73.8 Å². The minimum atomic E-state index is -0.254. The molecule has 0 spiro atoms. The number of carbonyl (C=O) groups is 1. The first-order valence-electron chi connectivity index (χ1n) is 9.85. The molecule has 5 nitrogen and oxygen atoms in total. The van der Waals surface area contributed by atoms with Gasteiger partial charge in [0.2, 0.25) is 0 Å². The Morgan fingerprint density at radius 3 is 2.75 bits per heavy atom. The van der Waals surface area contributed by atoms with Crippen molar-refractivity contribution in [3.63, 3.8) is 0 Å². The molecule has 3 aromatic rings. The summed E-state index contributed by atoms with van der Waals surface area (Å²) in [7, 11) is 0. The number of hydrogen-bond donors (Lipinski definition) is 1. The number of rotatable bonds is 3. The van der Waals surface area contributed by atoms with Crippen LogP contribution in [0.3, 0.4) is 0 Å². The minimum absolute atomic E-state index is 0.00988. The highest BCUT2D eigenvalue weighted by Crippen LogP contribution is 2.28. The topological polar surface area (TPSA) is 52.2 Å². The monoisotopic (exact) mass is 378 g/mol. The van der Waals surface area contributed by atoms with Gasteiger partial charge in [0, 0.05) is 30.6 Å². The Kier molecular flexibility index (Phi) is 4.16. The van der Waals surface area contributed by atoms with E-state index in [2.05, 4.69) is 15.1 Å². The van der Waals surface area contributed by atoms with E-state index >= 15 is 0 Å². The van der Waals surface area contributed by atoms with Crippen molar-refractivity contribution in [2.75, 3.05) is 13.1 Å². The van der Waals surface area contributed by atoms with Crippen LogP contribution < -0.4 is 0 Å². The molecule has 0 aliphatic carbocycles. The second kappa shape index (κ2) is 6.71. The third-order valence-electron chi connectivity index (χ3n) is 5.97. The van der Waals surface area contributed by atoms with E-state index in [0.29, 0.717) is 18.7 Å². The average molecular weight is 378 g/mol. The lowest BCUT2D eigenvalue weighted by Gasteiger charge is -2.17. The van der Waals surface area contributed by atoms with E-state index in [0.717, 1.165) is 52.9 Å². The van der Waals surface area contributed by atoms with Crippen LogP contribution in [0.5, 0.6) is 0 Å². The van der Waals surface area contributed by atoms with Gasteiger partial charge in [0.25, 0.3) is 5.91 Å². The van der Waals surface area contributed by atoms with Gasteiger partial charge in [0.15, 0.2) is 0 Å². The molecule has 1 fully saturated rings. The molecule has 0 radical (unpaired) electrons. The van der Waals surface area contributed by atoms with Crippen LogP contribution in [0.4, 0.5) is 4.39 Å². The fraction of sp³-hybridized carbons (Fsp3) is 0.364. The fourth-order valence-electron chi connectivity index (χ4n) is 4.41. The highest BCUT2D eigenvalue weighted by Gasteiger charge is 2.26. The van der Waals surface area contributed by atoms with E-state index in [4.69, 9.17) is 0 Å². The predicted molar refractivity (Wildman–Crippen MR) is 105 cm³/mol. The summed E-state index contributed by atoms with van der Waals surface area (Å²) in [6.07, 6.45) is 2.48. The van der Waals surface area contributed by atoms with E-state index in [-0.39, 0.29) is 11.7 Å². The number of nitrogens with zero attached hydrogens (tertiary/aromatic N) is 3. The summed E-state index contributed by atoms with van der Waals surface area (Å²) >= 11 is 0. The van der Waals surface area contributed by atoms with E-state index in [1.54, 1.807) is 11.0 Å². The lowest BCUT2D eigenvalue weighted by molar-refractivity contribution is 0.0751. The zero-order valence-corrected chi connectivity index (χ0v) is 16.0. The van der Waals surface area contributed by atoms with Gasteiger partial charge < -0.3 is 4.90 Å². The van der Waals surface area contributed by atoms with E-state index in [1.807, 2.05) is 19.1 Å². The van der Waals surface area contributed by atoms with Crippen LogP contribution in [0, 0.1) is 12.7 Å². The van der Waals surface area contributed by atoms with Gasteiger partial charge in [0.1, 0.15) is 5.82 Å². The molecule has 5 rings (SSSR count). The number of aromatic nitrogens is 2. The normalized spacial score (nSPS) is 16.9. The Hall–Kier alpha value is -2.73. The summed E-state index contributed by atoms with van der Waals surface area (Å²) < 4.78 is 13.5. The number of aromatic amines is 1. The molecular weight excluding hydrogens is 355 g/mol. The van der Waals surface area contributed by atoms with Crippen molar-refractivity contribution < 1.29 is 9.18 Å². The Balaban J connectivity index is 1.45. The minimum Gasteiger partial charge on any atom is -0.330 e. The molecule has 1 saturated heterocycles. The van der Waals surface area contributed by atoms with Gasteiger partial charge in [-0.25, -0.2) is 4.39 Å². The average Bonchev–Trinajstić information content (AvgIpc) is 3.41. The number of H-pyrrole nitrogens is 1. The maximum absolute atomic E-state index is 13.5. The zero-order chi connectivity index (χ0) is 19.3. The number of hydrogen-bond acceptors (Lipinski definition) is 3. The van der Waals surface area contributed by atoms with Crippen molar-refractivity contribution in [1.29, 1.82) is 0 Å². The smallest absolute Gasteiger partial charge is 0.254 e. The molecule has 1 amide bonds. The molecule has 0 saturated carbocycles. The summed E-state index contributed by atoms with van der Waals surface area (Å²) in [5.74, 6) is -0.264. The summed E-state index contributed by atoms with van der Waals surface area (Å²) in [4.78, 5) is 17.4. The first-order valence-corrected chi connectivity index (χ1v) is 9.85. The molecule has 28 heavy (non-hydrogen) atoms. The molecule has 2 aliphatic heterocycles. The second-order valence-corrected chi connectivity index (χ2v) is 7.94. The van der Waals surface area contributed by atoms with Gasteiger partial charge in [-0.2, -0.15) is 5.10 Å². The summed E-state index contributed by atoms with van der Waals surface area (Å²) in [5, 5.41) is 8.63. The quantitative estimate of drug-likeness (QED) is 0.755. The van der Waals surface area contributed by atoms with Gasteiger partial charge in [0.05, 0.1) is 11.2 Å². The van der Waals surface area contributed by atoms with E-state index < -0.39 is 0 Å². The van der Waals surface area contributed by atoms with Crippen LogP contribution in [-0.2, 0) is 19.6 Å². The molecule has 6 heteroatoms. The van der Waals surface area contributed by atoms with Crippen molar-refractivity contribution in [2.45, 2.75) is 39.4 Å². The molecule has 0 unspecified atom stereocenters. The fourth-order valence-corrected chi connectivity index (χ4v) is 4.41. The van der Waals surface area contributed by atoms with Gasteiger partial charge >= 0.3 is 0 Å². The first kappa shape index (κ1) is 17.4. The van der Waals surface area contributed by atoms with Crippen LogP contribution in [0.15, 0.2) is 30.3 Å². The standard InChI is InChI=1S/C22H23FN4O/c1-14-8-20-19(21(25-24-20)13-26-6-2-3-7-26)10-18(14)22(28)27-11-15-4-5-17(23)9-16(15)12-27/h4-5,8-10H,2-3,6-7,11-13H2,1H3,(H,24,25). The largest absolute Gasteiger partial charge is 0.330 e. The van der Waals surface area contributed by atoms with Crippen molar-refractivity contribution in [3.8, 4) is 0 Å². The van der Waals surface area contributed by atoms with Crippen LogP contribution in [0.2, 0.25) is 0 Å². The number of fused-ring (bicyclic) bond motifs is 2. The Morgan fingerprint density at radius 2 is 1.93 bits per heavy atom. The Bertz CT molecular complexity index is 1070.